The van der Waals surface area contributed by atoms with Crippen LogP contribution in [0.4, 0.5) is 0 Å². The first-order valence-electron chi connectivity index (χ1n) is 6.48. The molecule has 1 saturated carbocycles. The van der Waals surface area contributed by atoms with Crippen molar-refractivity contribution in [2.75, 3.05) is 7.11 Å². The van der Waals surface area contributed by atoms with Gasteiger partial charge in [-0.1, -0.05) is 70.6 Å². The highest BCUT2D eigenvalue weighted by molar-refractivity contribution is 9.12. The van der Waals surface area contributed by atoms with Gasteiger partial charge in [0, 0.05) is 9.65 Å². The number of Topliss-reactive ketones (excluding diaryl/α,β-unsaturated/α-hetero) is 1. The largest absolute Gasteiger partial charge is 0.469 e. The standard InChI is InChI=1S/C13H18Br4O3/c1-3-8(14)10(16)6-13(17)7(5-11(18)20-2)4-9(15)12(13)19/h7-10H,3-6H2,1-2H3/t7-,8-,9+,10+,13+/m1/s1. The van der Waals surface area contributed by atoms with Crippen molar-refractivity contribution in [1.82, 2.24) is 0 Å². The molecule has 0 spiro atoms. The molecule has 0 bridgehead atoms. The number of hydrogen-bond donors (Lipinski definition) is 0. The Labute approximate surface area is 153 Å². The maximum atomic E-state index is 12.5. The van der Waals surface area contributed by atoms with Gasteiger partial charge in [-0.2, -0.15) is 0 Å². The molecular formula is C13H18Br4O3. The fourth-order valence-corrected chi connectivity index (χ4v) is 6.12. The number of rotatable bonds is 6. The van der Waals surface area contributed by atoms with Gasteiger partial charge in [0.1, 0.15) is 0 Å². The third-order valence-corrected chi connectivity index (χ3v) is 8.86. The number of esters is 1. The zero-order chi connectivity index (χ0) is 15.5. The molecule has 116 valence electrons. The normalized spacial score (nSPS) is 33.0. The Morgan fingerprint density at radius 1 is 1.45 bits per heavy atom. The molecule has 0 unspecified atom stereocenters. The van der Waals surface area contributed by atoms with Crippen LogP contribution in [0.5, 0.6) is 0 Å². The van der Waals surface area contributed by atoms with Crippen molar-refractivity contribution in [1.29, 1.82) is 0 Å². The van der Waals surface area contributed by atoms with E-state index in [9.17, 15) is 9.59 Å². The van der Waals surface area contributed by atoms with Gasteiger partial charge in [0.2, 0.25) is 0 Å². The van der Waals surface area contributed by atoms with E-state index in [2.05, 4.69) is 70.6 Å². The first kappa shape index (κ1) is 19.1. The van der Waals surface area contributed by atoms with E-state index in [0.717, 1.165) is 6.42 Å². The van der Waals surface area contributed by atoms with E-state index in [4.69, 9.17) is 4.74 Å². The Bertz CT molecular complexity index is 377. The minimum atomic E-state index is -0.676. The van der Waals surface area contributed by atoms with Crippen LogP contribution in [0.1, 0.15) is 32.6 Å². The fourth-order valence-electron chi connectivity index (χ4n) is 2.47. The van der Waals surface area contributed by atoms with Crippen molar-refractivity contribution in [3.63, 3.8) is 0 Å². The van der Waals surface area contributed by atoms with Crippen LogP contribution in [-0.2, 0) is 14.3 Å². The Morgan fingerprint density at radius 3 is 2.55 bits per heavy atom. The van der Waals surface area contributed by atoms with Gasteiger partial charge in [-0.25, -0.2) is 0 Å². The molecule has 1 aliphatic rings. The number of alkyl halides is 4. The molecule has 1 fully saturated rings. The van der Waals surface area contributed by atoms with Crippen molar-refractivity contribution in [2.45, 2.75) is 51.4 Å². The number of carbonyl (C=O) groups is 2. The average molecular weight is 542 g/mol. The maximum Gasteiger partial charge on any atom is 0.305 e. The summed E-state index contributed by atoms with van der Waals surface area (Å²) in [4.78, 5) is 24.3. The van der Waals surface area contributed by atoms with Crippen molar-refractivity contribution in [3.05, 3.63) is 0 Å². The van der Waals surface area contributed by atoms with Crippen LogP contribution in [0.15, 0.2) is 0 Å². The lowest BCUT2D eigenvalue weighted by Crippen LogP contribution is -2.40. The molecule has 1 aliphatic carbocycles. The van der Waals surface area contributed by atoms with Crippen molar-refractivity contribution < 1.29 is 14.3 Å². The molecule has 0 aromatic rings. The summed E-state index contributed by atoms with van der Waals surface area (Å²) in [5.41, 5.74) is 0. The third kappa shape index (κ3) is 4.29. The van der Waals surface area contributed by atoms with E-state index in [0.29, 0.717) is 12.8 Å². The first-order valence-corrected chi connectivity index (χ1v) is 10.0. The van der Waals surface area contributed by atoms with Crippen LogP contribution < -0.4 is 0 Å². The molecule has 3 nitrogen and oxygen atoms in total. The molecule has 0 aromatic carbocycles. The summed E-state index contributed by atoms with van der Waals surface area (Å²) in [5.74, 6) is -0.208. The second kappa shape index (κ2) is 8.06. The molecule has 20 heavy (non-hydrogen) atoms. The summed E-state index contributed by atoms with van der Waals surface area (Å²) >= 11 is 14.3. The van der Waals surface area contributed by atoms with E-state index in [1.54, 1.807) is 0 Å². The Balaban J connectivity index is 2.88. The summed E-state index contributed by atoms with van der Waals surface area (Å²) in [6.45, 7) is 2.09. The van der Waals surface area contributed by atoms with Crippen LogP contribution in [0.25, 0.3) is 0 Å². The predicted molar refractivity (Wildman–Crippen MR) is 94.5 cm³/mol. The Hall–Kier alpha value is 1.06. The van der Waals surface area contributed by atoms with E-state index in [1.807, 2.05) is 0 Å². The molecule has 0 radical (unpaired) electrons. The second-order valence-corrected chi connectivity index (χ2v) is 9.92. The minimum absolute atomic E-state index is 0.0524. The monoisotopic (exact) mass is 538 g/mol. The lowest BCUT2D eigenvalue weighted by Gasteiger charge is -2.31. The van der Waals surface area contributed by atoms with Crippen molar-refractivity contribution >= 4 is 75.5 Å². The quantitative estimate of drug-likeness (QED) is 0.371. The summed E-state index contributed by atoms with van der Waals surface area (Å²) in [7, 11) is 1.37. The fraction of sp³-hybridized carbons (Fsp3) is 0.846. The van der Waals surface area contributed by atoms with E-state index in [-0.39, 0.29) is 38.6 Å². The number of carbonyl (C=O) groups excluding carboxylic acids is 2. The number of hydrogen-bond acceptors (Lipinski definition) is 3. The zero-order valence-corrected chi connectivity index (χ0v) is 17.7. The summed E-state index contributed by atoms with van der Waals surface area (Å²) in [6.07, 6.45) is 2.51. The molecular weight excluding hydrogens is 524 g/mol. The van der Waals surface area contributed by atoms with E-state index >= 15 is 0 Å². The number of ketones is 1. The first-order chi connectivity index (χ1) is 9.26. The summed E-state index contributed by atoms with van der Waals surface area (Å²) in [6, 6.07) is 0. The highest BCUT2D eigenvalue weighted by Crippen LogP contribution is 2.49. The van der Waals surface area contributed by atoms with Gasteiger partial charge in [-0.05, 0) is 25.2 Å². The van der Waals surface area contributed by atoms with Gasteiger partial charge in [0.25, 0.3) is 0 Å². The van der Waals surface area contributed by atoms with Crippen molar-refractivity contribution in [2.24, 2.45) is 5.92 Å². The summed E-state index contributed by atoms with van der Waals surface area (Å²) in [5, 5.41) is 0. The molecule has 5 atom stereocenters. The van der Waals surface area contributed by atoms with Crippen LogP contribution in [-0.4, -0.2) is 37.7 Å². The highest BCUT2D eigenvalue weighted by Gasteiger charge is 2.53. The highest BCUT2D eigenvalue weighted by atomic mass is 79.9. The average Bonchev–Trinajstić information content (AvgIpc) is 2.62. The van der Waals surface area contributed by atoms with Crippen LogP contribution in [0.2, 0.25) is 0 Å². The second-order valence-electron chi connectivity index (χ2n) is 5.05. The van der Waals surface area contributed by atoms with Crippen LogP contribution in [0, 0.1) is 5.92 Å². The van der Waals surface area contributed by atoms with Crippen molar-refractivity contribution in [3.8, 4) is 0 Å². The number of ether oxygens (including phenoxy) is 1. The number of halogens is 4. The maximum absolute atomic E-state index is 12.5. The summed E-state index contributed by atoms with van der Waals surface area (Å²) < 4.78 is 4.07. The van der Waals surface area contributed by atoms with Gasteiger partial charge in [-0.15, -0.1) is 0 Å². The molecule has 0 N–H and O–H groups in total. The van der Waals surface area contributed by atoms with Gasteiger partial charge in [0.05, 0.1) is 22.7 Å². The molecule has 0 amide bonds. The molecule has 0 heterocycles. The molecule has 0 aliphatic heterocycles. The van der Waals surface area contributed by atoms with E-state index < -0.39 is 4.32 Å². The molecule has 1 rings (SSSR count). The van der Waals surface area contributed by atoms with Gasteiger partial charge in [0.15, 0.2) is 5.78 Å². The molecule has 0 saturated heterocycles. The van der Waals surface area contributed by atoms with E-state index in [1.165, 1.54) is 7.11 Å². The Kier molecular flexibility index (Phi) is 7.70. The van der Waals surface area contributed by atoms with Gasteiger partial charge >= 0.3 is 5.97 Å². The lowest BCUT2D eigenvalue weighted by molar-refractivity contribution is -0.141. The van der Waals surface area contributed by atoms with Gasteiger partial charge in [-0.3, -0.25) is 9.59 Å². The smallest absolute Gasteiger partial charge is 0.305 e. The topological polar surface area (TPSA) is 43.4 Å². The lowest BCUT2D eigenvalue weighted by atomic mass is 9.87. The molecule has 0 aromatic heterocycles. The predicted octanol–water partition coefficient (Wildman–Crippen LogP) is 4.36. The Morgan fingerprint density at radius 2 is 2.05 bits per heavy atom. The SMILES string of the molecule is CC[C@@H](Br)[C@@H](Br)C[C@@]1(Br)C(=O)[C@@H](Br)C[C@@H]1CC(=O)OC. The molecule has 7 heteroatoms. The number of methoxy groups -OCH3 is 1. The zero-order valence-electron chi connectivity index (χ0n) is 11.4. The van der Waals surface area contributed by atoms with Crippen LogP contribution in [0.3, 0.4) is 0 Å². The minimum Gasteiger partial charge on any atom is -0.469 e. The third-order valence-electron chi connectivity index (χ3n) is 3.75. The van der Waals surface area contributed by atoms with Gasteiger partial charge < -0.3 is 4.74 Å². The van der Waals surface area contributed by atoms with Crippen LogP contribution >= 0.6 is 63.7 Å².